The van der Waals surface area contributed by atoms with Gasteiger partial charge in [0.25, 0.3) is 0 Å². The molecule has 12 heteroatoms. The first-order chi connectivity index (χ1) is 27.9. The number of benzene rings is 4. The highest BCUT2D eigenvalue weighted by atomic mass is 16.7. The Morgan fingerprint density at radius 2 is 0.912 bits per heavy atom. The average molecular weight is 779 g/mol. The molecule has 1 aliphatic carbocycles. The van der Waals surface area contributed by atoms with Crippen LogP contribution in [0.2, 0.25) is 0 Å². The first-order valence-corrected chi connectivity index (χ1v) is 19.7. The summed E-state index contributed by atoms with van der Waals surface area (Å²) in [7, 11) is 0. The van der Waals surface area contributed by atoms with Gasteiger partial charge >= 0.3 is 12.2 Å². The number of para-hydroxylation sites is 2. The molecule has 302 valence electrons. The number of hydrogen-bond donors (Lipinski definition) is 2. The van der Waals surface area contributed by atoms with Crippen molar-refractivity contribution in [2.45, 2.75) is 58.8 Å². The molecule has 2 N–H and O–H groups in total. The number of nitrogens with zero attached hydrogens (tertiary/aromatic N) is 2. The van der Waals surface area contributed by atoms with Crippen molar-refractivity contribution in [1.82, 2.24) is 0 Å². The maximum Gasteiger partial charge on any atom is 0.437 e. The van der Waals surface area contributed by atoms with Crippen molar-refractivity contribution in [3.8, 4) is 11.1 Å². The van der Waals surface area contributed by atoms with Gasteiger partial charge < -0.3 is 18.9 Å². The molecule has 0 radical (unpaired) electrons. The van der Waals surface area contributed by atoms with E-state index >= 15 is 0 Å². The standard InChI is InChI=1S/C45H54N4O8/c1-5-52-27-23-41(48-56-43(50)46-35-15-11-9-12-16-35)33-19-21-39-37(31-33)38-32-34(20-22-40(38)45(39,25-29-54-7-3)26-30-55-8-4)42(24-28-53-6-2)49-57-44(51)47-36-17-13-10-14-18-36/h9-22,31-32H,5-8,23-30H2,1-4H3,(H,46,50)(H,47,51)/b48-41+,49-42+. The molecule has 0 fully saturated rings. The first kappa shape index (κ1) is 42.7. The second kappa shape index (κ2) is 22.4. The summed E-state index contributed by atoms with van der Waals surface area (Å²) in [6.45, 7) is 12.0. The van der Waals surface area contributed by atoms with E-state index in [4.69, 9.17) is 28.6 Å². The van der Waals surface area contributed by atoms with Gasteiger partial charge in [0.05, 0.1) is 24.6 Å². The second-order valence-electron chi connectivity index (χ2n) is 13.2. The molecule has 5 rings (SSSR count). The van der Waals surface area contributed by atoms with Gasteiger partial charge in [0.2, 0.25) is 0 Å². The zero-order valence-corrected chi connectivity index (χ0v) is 33.4. The van der Waals surface area contributed by atoms with E-state index in [1.807, 2.05) is 76.2 Å². The van der Waals surface area contributed by atoms with Crippen LogP contribution in [0.4, 0.5) is 21.0 Å². The highest BCUT2D eigenvalue weighted by Gasteiger charge is 2.43. The number of fused-ring (bicyclic) bond motifs is 3. The summed E-state index contributed by atoms with van der Waals surface area (Å²) in [6, 6.07) is 30.7. The zero-order valence-electron chi connectivity index (χ0n) is 33.4. The number of carbonyl (C=O) groups excluding carboxylic acids is 2. The van der Waals surface area contributed by atoms with Gasteiger partial charge in [0.1, 0.15) is 0 Å². The smallest absolute Gasteiger partial charge is 0.382 e. The molecular formula is C45H54N4O8. The lowest BCUT2D eigenvalue weighted by molar-refractivity contribution is 0.105. The van der Waals surface area contributed by atoms with E-state index in [0.717, 1.165) is 46.2 Å². The van der Waals surface area contributed by atoms with Crippen LogP contribution in [0.1, 0.15) is 75.6 Å². The molecule has 4 aromatic carbocycles. The van der Waals surface area contributed by atoms with Gasteiger partial charge in [0, 0.05) is 80.4 Å². The Balaban J connectivity index is 1.57. The van der Waals surface area contributed by atoms with Crippen molar-refractivity contribution < 1.29 is 38.2 Å². The number of rotatable bonds is 22. The molecule has 0 aromatic heterocycles. The summed E-state index contributed by atoms with van der Waals surface area (Å²) in [5.41, 5.74) is 7.74. The SMILES string of the molecule is CCOCC/C(=N\OC(=O)Nc1ccccc1)c1ccc2c(c1)-c1cc(/C(CCOCC)=N/OC(=O)Nc3ccccc3)ccc1C2(CCOCC)CCOCC. The van der Waals surface area contributed by atoms with Crippen molar-refractivity contribution in [3.05, 3.63) is 119 Å². The van der Waals surface area contributed by atoms with Crippen LogP contribution in [0.5, 0.6) is 0 Å². The Bertz CT molecular complexity index is 1810. The van der Waals surface area contributed by atoms with Crippen LogP contribution in [-0.4, -0.2) is 76.5 Å². The number of carbonyl (C=O) groups is 2. The lowest BCUT2D eigenvalue weighted by atomic mass is 9.73. The number of hydrogen-bond acceptors (Lipinski definition) is 10. The van der Waals surface area contributed by atoms with Gasteiger partial charge in [-0.05, 0) is 99.2 Å². The van der Waals surface area contributed by atoms with Gasteiger partial charge in [-0.15, -0.1) is 0 Å². The lowest BCUT2D eigenvalue weighted by Gasteiger charge is -2.32. The van der Waals surface area contributed by atoms with Crippen LogP contribution in [0.15, 0.2) is 107 Å². The van der Waals surface area contributed by atoms with Gasteiger partial charge in [-0.25, -0.2) is 9.59 Å². The summed E-state index contributed by atoms with van der Waals surface area (Å²) < 4.78 is 23.4. The van der Waals surface area contributed by atoms with E-state index in [-0.39, 0.29) is 0 Å². The summed E-state index contributed by atoms with van der Waals surface area (Å²) in [6.07, 6.45) is 0.887. The number of oxime groups is 2. The van der Waals surface area contributed by atoms with Gasteiger partial charge in [-0.3, -0.25) is 20.3 Å². The molecular weight excluding hydrogens is 725 g/mol. The molecule has 0 spiro atoms. The fourth-order valence-electron chi connectivity index (χ4n) is 6.95. The quantitative estimate of drug-likeness (QED) is 0.0348. The van der Waals surface area contributed by atoms with E-state index in [1.165, 1.54) is 0 Å². The largest absolute Gasteiger partial charge is 0.437 e. The first-order valence-electron chi connectivity index (χ1n) is 19.7. The van der Waals surface area contributed by atoms with Crippen LogP contribution >= 0.6 is 0 Å². The third-order valence-corrected chi connectivity index (χ3v) is 9.67. The summed E-state index contributed by atoms with van der Waals surface area (Å²) in [5.74, 6) is 0. The van der Waals surface area contributed by atoms with Crippen molar-refractivity contribution in [2.24, 2.45) is 10.3 Å². The lowest BCUT2D eigenvalue weighted by Crippen LogP contribution is -2.29. The molecule has 0 unspecified atom stereocenters. The van der Waals surface area contributed by atoms with E-state index in [1.54, 1.807) is 24.3 Å². The predicted octanol–water partition coefficient (Wildman–Crippen LogP) is 9.57. The molecule has 12 nitrogen and oxygen atoms in total. The molecule has 0 aliphatic heterocycles. The van der Waals surface area contributed by atoms with Crippen molar-refractivity contribution in [3.63, 3.8) is 0 Å². The Morgan fingerprint density at radius 3 is 1.30 bits per heavy atom. The Morgan fingerprint density at radius 1 is 0.526 bits per heavy atom. The van der Waals surface area contributed by atoms with Crippen molar-refractivity contribution in [2.75, 3.05) is 63.5 Å². The molecule has 0 bridgehead atoms. The normalized spacial score (nSPS) is 13.1. The van der Waals surface area contributed by atoms with E-state index < -0.39 is 17.6 Å². The Hall–Kier alpha value is -5.40. The molecule has 0 saturated heterocycles. The fraction of sp³-hybridized carbons (Fsp3) is 0.378. The van der Waals surface area contributed by atoms with E-state index in [9.17, 15) is 9.59 Å². The number of ether oxygens (including phenoxy) is 4. The summed E-state index contributed by atoms with van der Waals surface area (Å²) in [4.78, 5) is 36.4. The van der Waals surface area contributed by atoms with Gasteiger partial charge in [0.15, 0.2) is 0 Å². The van der Waals surface area contributed by atoms with Crippen LogP contribution < -0.4 is 10.6 Å². The molecule has 0 saturated carbocycles. The summed E-state index contributed by atoms with van der Waals surface area (Å²) in [5, 5.41) is 14.1. The van der Waals surface area contributed by atoms with Gasteiger partial charge in [-0.1, -0.05) is 71.0 Å². The highest BCUT2D eigenvalue weighted by molar-refractivity contribution is 6.04. The number of amides is 2. The molecule has 57 heavy (non-hydrogen) atoms. The second-order valence-corrected chi connectivity index (χ2v) is 13.2. The van der Waals surface area contributed by atoms with Crippen molar-refractivity contribution >= 4 is 35.0 Å². The highest BCUT2D eigenvalue weighted by Crippen LogP contribution is 2.53. The number of anilines is 2. The molecule has 2 amide bonds. The maximum atomic E-state index is 12.8. The van der Waals surface area contributed by atoms with Crippen molar-refractivity contribution in [1.29, 1.82) is 0 Å². The average Bonchev–Trinajstić information content (AvgIpc) is 3.49. The maximum absolute atomic E-state index is 12.8. The van der Waals surface area contributed by atoms with Gasteiger partial charge in [-0.2, -0.15) is 0 Å². The minimum Gasteiger partial charge on any atom is -0.382 e. The third kappa shape index (κ3) is 11.8. The monoisotopic (exact) mass is 778 g/mol. The zero-order chi connectivity index (χ0) is 40.3. The predicted molar refractivity (Wildman–Crippen MR) is 223 cm³/mol. The molecule has 0 heterocycles. The summed E-state index contributed by atoms with van der Waals surface area (Å²) >= 11 is 0. The number of nitrogens with one attached hydrogen (secondary N) is 2. The Labute approximate surface area is 335 Å². The fourth-order valence-corrected chi connectivity index (χ4v) is 6.95. The van der Waals surface area contributed by atoms with Crippen LogP contribution in [0.3, 0.4) is 0 Å². The topological polar surface area (TPSA) is 138 Å². The molecule has 0 atom stereocenters. The molecule has 1 aliphatic rings. The molecule has 4 aromatic rings. The van der Waals surface area contributed by atoms with E-state index in [0.29, 0.717) is 88.5 Å². The minimum atomic E-state index is -0.698. The van der Waals surface area contributed by atoms with Crippen LogP contribution in [-0.2, 0) is 34.0 Å². The minimum absolute atomic E-state index is 0.390. The van der Waals surface area contributed by atoms with Crippen LogP contribution in [0.25, 0.3) is 11.1 Å². The third-order valence-electron chi connectivity index (χ3n) is 9.67. The van der Waals surface area contributed by atoms with E-state index in [2.05, 4.69) is 45.2 Å². The Kier molecular flexibility index (Phi) is 16.8. The van der Waals surface area contributed by atoms with Crippen LogP contribution in [0, 0.1) is 0 Å².